The summed E-state index contributed by atoms with van der Waals surface area (Å²) in [7, 11) is 0. The molecule has 0 aliphatic rings. The summed E-state index contributed by atoms with van der Waals surface area (Å²) in [6, 6.07) is 2.80. The number of hydrogen-bond acceptors (Lipinski definition) is 1. The highest BCUT2D eigenvalue weighted by molar-refractivity contribution is 5.09. The molecule has 0 saturated carbocycles. The molecule has 0 atom stereocenters. The molecule has 1 aromatic heterocycles. The largest absolute Gasteiger partial charge is 0.354 e. The van der Waals surface area contributed by atoms with E-state index >= 15 is 0 Å². The molecule has 2 heteroatoms. The summed E-state index contributed by atoms with van der Waals surface area (Å²) in [4.78, 5) is 0. The van der Waals surface area contributed by atoms with Crippen molar-refractivity contribution < 1.29 is 0 Å². The Bertz CT molecular complexity index is 328. The quantitative estimate of drug-likeness (QED) is 0.525. The zero-order chi connectivity index (χ0) is 14.6. The van der Waals surface area contributed by atoms with Crippen molar-refractivity contribution >= 4 is 0 Å². The lowest BCUT2D eigenvalue weighted by molar-refractivity contribution is 0.543. The van der Waals surface area contributed by atoms with Gasteiger partial charge in [0.25, 0.3) is 0 Å². The van der Waals surface area contributed by atoms with E-state index in [9.17, 15) is 0 Å². The van der Waals surface area contributed by atoms with E-state index in [4.69, 9.17) is 0 Å². The molecular weight excluding hydrogens is 244 g/mol. The van der Waals surface area contributed by atoms with Gasteiger partial charge in [-0.1, -0.05) is 65.7 Å². The van der Waals surface area contributed by atoms with Gasteiger partial charge in [-0.2, -0.15) is 0 Å². The molecular formula is C18H34N2. The smallest absolute Gasteiger partial charge is 0.0222 e. The van der Waals surface area contributed by atoms with Gasteiger partial charge in [-0.05, 0) is 18.1 Å². The predicted octanol–water partition coefficient (Wildman–Crippen LogP) is 5.13. The highest BCUT2D eigenvalue weighted by Crippen LogP contribution is 2.10. The van der Waals surface area contributed by atoms with Gasteiger partial charge >= 0.3 is 0 Å². The first-order valence-electron chi connectivity index (χ1n) is 8.60. The van der Waals surface area contributed by atoms with Gasteiger partial charge in [0.05, 0.1) is 0 Å². The van der Waals surface area contributed by atoms with E-state index < -0.39 is 0 Å². The standard InChI is InChI=1S/C18H34N2/c1-4-5-6-7-8-9-10-11-13-20-14-12-18(16-20)15-19-17(2)3/h12,14,16-17,19H,4-11,13,15H2,1-3H3. The summed E-state index contributed by atoms with van der Waals surface area (Å²) >= 11 is 0. The third-order valence-corrected chi connectivity index (χ3v) is 3.80. The van der Waals surface area contributed by atoms with Crippen LogP contribution in [0.15, 0.2) is 18.5 Å². The molecule has 1 aromatic rings. The number of aromatic nitrogens is 1. The average molecular weight is 278 g/mol. The Morgan fingerprint density at radius 1 is 1.00 bits per heavy atom. The maximum absolute atomic E-state index is 3.46. The van der Waals surface area contributed by atoms with Crippen LogP contribution in [0.2, 0.25) is 0 Å². The van der Waals surface area contributed by atoms with Gasteiger partial charge in [0.15, 0.2) is 0 Å². The fourth-order valence-corrected chi connectivity index (χ4v) is 2.48. The van der Waals surface area contributed by atoms with E-state index in [2.05, 4.69) is 49.1 Å². The fourth-order valence-electron chi connectivity index (χ4n) is 2.48. The minimum atomic E-state index is 0.561. The van der Waals surface area contributed by atoms with E-state index in [1.807, 2.05) is 0 Å². The third kappa shape index (κ3) is 8.42. The van der Waals surface area contributed by atoms with Crippen molar-refractivity contribution in [2.45, 2.75) is 91.3 Å². The summed E-state index contributed by atoms with van der Waals surface area (Å²) in [6.07, 6.45) is 15.7. The van der Waals surface area contributed by atoms with Gasteiger partial charge < -0.3 is 9.88 Å². The minimum absolute atomic E-state index is 0.561. The third-order valence-electron chi connectivity index (χ3n) is 3.80. The van der Waals surface area contributed by atoms with E-state index in [-0.39, 0.29) is 0 Å². The number of aryl methyl sites for hydroxylation is 1. The number of rotatable bonds is 12. The van der Waals surface area contributed by atoms with Crippen LogP contribution in [-0.4, -0.2) is 10.6 Å². The number of nitrogens with one attached hydrogen (secondary N) is 1. The molecule has 0 aromatic carbocycles. The van der Waals surface area contributed by atoms with E-state index in [0.717, 1.165) is 6.54 Å². The molecule has 2 nitrogen and oxygen atoms in total. The Labute approximate surface area is 126 Å². The Morgan fingerprint density at radius 3 is 2.30 bits per heavy atom. The maximum atomic E-state index is 3.46. The Morgan fingerprint density at radius 2 is 1.65 bits per heavy atom. The van der Waals surface area contributed by atoms with Crippen molar-refractivity contribution in [1.82, 2.24) is 9.88 Å². The summed E-state index contributed by atoms with van der Waals surface area (Å²) < 4.78 is 2.34. The Kier molecular flexibility index (Phi) is 9.48. The first-order valence-corrected chi connectivity index (χ1v) is 8.60. The first kappa shape index (κ1) is 17.3. The molecule has 0 bridgehead atoms. The van der Waals surface area contributed by atoms with Crippen molar-refractivity contribution in [3.8, 4) is 0 Å². The van der Waals surface area contributed by atoms with E-state index in [1.165, 1.54) is 63.5 Å². The molecule has 116 valence electrons. The second-order valence-electron chi connectivity index (χ2n) is 6.27. The van der Waals surface area contributed by atoms with Crippen molar-refractivity contribution in [2.24, 2.45) is 0 Å². The first-order chi connectivity index (χ1) is 9.72. The number of hydrogen-bond donors (Lipinski definition) is 1. The van der Waals surface area contributed by atoms with Crippen LogP contribution < -0.4 is 5.32 Å². The van der Waals surface area contributed by atoms with Gasteiger partial charge in [0.2, 0.25) is 0 Å². The summed E-state index contributed by atoms with van der Waals surface area (Å²) in [5, 5.41) is 3.46. The number of unbranched alkanes of at least 4 members (excludes halogenated alkanes) is 7. The zero-order valence-corrected chi connectivity index (χ0v) is 13.8. The van der Waals surface area contributed by atoms with Crippen molar-refractivity contribution in [1.29, 1.82) is 0 Å². The lowest BCUT2D eigenvalue weighted by Crippen LogP contribution is -2.21. The molecule has 0 radical (unpaired) electrons. The SMILES string of the molecule is CCCCCCCCCCn1ccc(CNC(C)C)c1. The average Bonchev–Trinajstić information content (AvgIpc) is 2.87. The topological polar surface area (TPSA) is 17.0 Å². The number of nitrogens with zero attached hydrogens (tertiary/aromatic N) is 1. The molecule has 1 rings (SSSR count). The van der Waals surface area contributed by atoms with Crippen LogP contribution in [0.25, 0.3) is 0 Å². The summed E-state index contributed by atoms with van der Waals surface area (Å²) in [6.45, 7) is 8.83. The van der Waals surface area contributed by atoms with Crippen LogP contribution >= 0.6 is 0 Å². The van der Waals surface area contributed by atoms with Crippen molar-refractivity contribution in [3.63, 3.8) is 0 Å². The Balaban J connectivity index is 2.01. The molecule has 0 spiro atoms. The van der Waals surface area contributed by atoms with Crippen molar-refractivity contribution in [3.05, 3.63) is 24.0 Å². The molecule has 0 fully saturated rings. The maximum Gasteiger partial charge on any atom is 0.0222 e. The summed E-state index contributed by atoms with van der Waals surface area (Å²) in [5.41, 5.74) is 1.40. The monoisotopic (exact) mass is 278 g/mol. The molecule has 0 aliphatic heterocycles. The van der Waals surface area contributed by atoms with E-state index in [0.29, 0.717) is 6.04 Å². The molecule has 0 amide bonds. The van der Waals surface area contributed by atoms with Crippen molar-refractivity contribution in [2.75, 3.05) is 0 Å². The van der Waals surface area contributed by atoms with Crippen LogP contribution in [0, 0.1) is 0 Å². The second kappa shape index (κ2) is 11.0. The van der Waals surface area contributed by atoms with Gasteiger partial charge in [0.1, 0.15) is 0 Å². The van der Waals surface area contributed by atoms with Gasteiger partial charge in [-0.3, -0.25) is 0 Å². The predicted molar refractivity (Wildman–Crippen MR) is 89.0 cm³/mol. The van der Waals surface area contributed by atoms with Crippen LogP contribution in [0.5, 0.6) is 0 Å². The van der Waals surface area contributed by atoms with Gasteiger partial charge in [0, 0.05) is 31.5 Å². The molecule has 0 aliphatic carbocycles. The van der Waals surface area contributed by atoms with Gasteiger partial charge in [-0.15, -0.1) is 0 Å². The summed E-state index contributed by atoms with van der Waals surface area (Å²) in [5.74, 6) is 0. The van der Waals surface area contributed by atoms with Crippen LogP contribution in [0.3, 0.4) is 0 Å². The molecule has 20 heavy (non-hydrogen) atoms. The Hall–Kier alpha value is -0.760. The molecule has 1 N–H and O–H groups in total. The second-order valence-corrected chi connectivity index (χ2v) is 6.27. The van der Waals surface area contributed by atoms with Crippen LogP contribution in [0.1, 0.15) is 77.7 Å². The lowest BCUT2D eigenvalue weighted by atomic mass is 10.1. The highest BCUT2D eigenvalue weighted by atomic mass is 14.9. The minimum Gasteiger partial charge on any atom is -0.354 e. The lowest BCUT2D eigenvalue weighted by Gasteiger charge is -2.06. The van der Waals surface area contributed by atoms with E-state index in [1.54, 1.807) is 0 Å². The fraction of sp³-hybridized carbons (Fsp3) is 0.778. The molecule has 0 unspecified atom stereocenters. The van der Waals surface area contributed by atoms with Crippen LogP contribution in [0.4, 0.5) is 0 Å². The van der Waals surface area contributed by atoms with Gasteiger partial charge in [-0.25, -0.2) is 0 Å². The highest BCUT2D eigenvalue weighted by Gasteiger charge is 1.98. The normalized spacial score (nSPS) is 11.4. The molecule has 1 heterocycles. The molecule has 0 saturated heterocycles. The van der Waals surface area contributed by atoms with Crippen LogP contribution in [-0.2, 0) is 13.1 Å². The zero-order valence-electron chi connectivity index (χ0n) is 13.8.